The topological polar surface area (TPSA) is 51.0 Å². The molecule has 0 bridgehead atoms. The van der Waals surface area contributed by atoms with Crippen molar-refractivity contribution in [3.63, 3.8) is 0 Å². The van der Waals surface area contributed by atoms with Crippen LogP contribution in [0.2, 0.25) is 0 Å². The van der Waals surface area contributed by atoms with Crippen LogP contribution in [-0.2, 0) is 5.75 Å². The quantitative estimate of drug-likeness (QED) is 0.325. The molecular formula is C22H18BrN3OS. The molecule has 0 radical (unpaired) electrons. The fraction of sp³-hybridized carbons (Fsp3) is 0.0909. The third-order valence-corrected chi connectivity index (χ3v) is 6.03. The summed E-state index contributed by atoms with van der Waals surface area (Å²) < 4.78 is 6.81. The van der Waals surface area contributed by atoms with E-state index < -0.39 is 0 Å². The molecule has 28 heavy (non-hydrogen) atoms. The first-order valence-electron chi connectivity index (χ1n) is 8.82. The molecule has 1 N–H and O–H groups in total. The predicted octanol–water partition coefficient (Wildman–Crippen LogP) is 6.84. The van der Waals surface area contributed by atoms with Gasteiger partial charge in [0.25, 0.3) is 5.22 Å². The number of hydrogen-bond donors (Lipinski definition) is 1. The number of nitrogens with zero attached hydrogens (tertiary/aromatic N) is 2. The minimum Gasteiger partial charge on any atom is -0.398 e. The maximum Gasteiger partial charge on any atom is 0.320 e. The lowest BCUT2D eigenvalue weighted by atomic mass is 10.0. The van der Waals surface area contributed by atoms with Crippen molar-refractivity contribution in [3.05, 3.63) is 88.4 Å². The zero-order valence-corrected chi connectivity index (χ0v) is 17.6. The van der Waals surface area contributed by atoms with Gasteiger partial charge in [0.15, 0.2) is 0 Å². The summed E-state index contributed by atoms with van der Waals surface area (Å²) >= 11 is 5.03. The van der Waals surface area contributed by atoms with Crippen LogP contribution in [-0.4, -0.2) is 10.2 Å². The van der Waals surface area contributed by atoms with E-state index >= 15 is 0 Å². The van der Waals surface area contributed by atoms with E-state index in [2.05, 4.69) is 80.0 Å². The number of hydrogen-bond acceptors (Lipinski definition) is 5. The largest absolute Gasteiger partial charge is 0.398 e. The molecule has 6 heteroatoms. The molecule has 140 valence electrons. The monoisotopic (exact) mass is 451 g/mol. The zero-order valence-electron chi connectivity index (χ0n) is 15.2. The number of thioether (sulfide) groups is 1. The number of aryl methyl sites for hydroxylation is 1. The van der Waals surface area contributed by atoms with Gasteiger partial charge in [-0.1, -0.05) is 92.5 Å². The molecule has 0 saturated heterocycles. The van der Waals surface area contributed by atoms with Gasteiger partial charge < -0.3 is 9.73 Å². The van der Waals surface area contributed by atoms with Gasteiger partial charge in [0, 0.05) is 15.9 Å². The normalized spacial score (nSPS) is 10.8. The van der Waals surface area contributed by atoms with Gasteiger partial charge in [-0.3, -0.25) is 0 Å². The molecule has 0 atom stereocenters. The summed E-state index contributed by atoms with van der Waals surface area (Å²) in [4.78, 5) is 0. The van der Waals surface area contributed by atoms with E-state index in [9.17, 15) is 0 Å². The first kappa shape index (κ1) is 18.8. The average Bonchev–Trinajstić information content (AvgIpc) is 3.17. The fourth-order valence-corrected chi connectivity index (χ4v) is 3.86. The summed E-state index contributed by atoms with van der Waals surface area (Å²) in [6.45, 7) is 2.04. The molecule has 0 aliphatic heterocycles. The SMILES string of the molecule is Cc1cc(Nc2nnc(SCc3ccccc3-c3ccccc3)o2)ccc1Br. The van der Waals surface area contributed by atoms with E-state index in [0.717, 1.165) is 21.5 Å². The van der Waals surface area contributed by atoms with Crippen molar-refractivity contribution in [2.75, 3.05) is 5.32 Å². The van der Waals surface area contributed by atoms with Crippen LogP contribution < -0.4 is 5.32 Å². The van der Waals surface area contributed by atoms with Crippen LogP contribution in [0.1, 0.15) is 11.1 Å². The van der Waals surface area contributed by atoms with Crippen LogP contribution >= 0.6 is 27.7 Å². The zero-order chi connectivity index (χ0) is 19.3. The lowest BCUT2D eigenvalue weighted by Gasteiger charge is -2.08. The molecule has 1 aromatic heterocycles. The van der Waals surface area contributed by atoms with Crippen LogP contribution in [0.15, 0.2) is 86.9 Å². The lowest BCUT2D eigenvalue weighted by molar-refractivity contribution is 0.468. The van der Waals surface area contributed by atoms with Crippen LogP contribution in [0.5, 0.6) is 0 Å². The number of aromatic nitrogens is 2. The van der Waals surface area contributed by atoms with E-state index in [4.69, 9.17) is 4.42 Å². The molecule has 0 amide bonds. The third-order valence-electron chi connectivity index (χ3n) is 4.27. The molecule has 0 unspecified atom stereocenters. The number of rotatable bonds is 6. The summed E-state index contributed by atoms with van der Waals surface area (Å²) in [5, 5.41) is 11.9. The average molecular weight is 452 g/mol. The maximum atomic E-state index is 5.74. The number of nitrogens with one attached hydrogen (secondary N) is 1. The van der Waals surface area contributed by atoms with E-state index in [1.165, 1.54) is 28.5 Å². The highest BCUT2D eigenvalue weighted by Gasteiger charge is 2.10. The van der Waals surface area contributed by atoms with Gasteiger partial charge in [0.1, 0.15) is 0 Å². The Balaban J connectivity index is 1.45. The molecule has 0 aliphatic rings. The summed E-state index contributed by atoms with van der Waals surface area (Å²) in [5.41, 5.74) is 5.71. The number of halogens is 1. The van der Waals surface area contributed by atoms with Gasteiger partial charge >= 0.3 is 6.01 Å². The number of benzene rings is 3. The second kappa shape index (κ2) is 8.63. The minimum atomic E-state index is 0.389. The molecule has 0 spiro atoms. The van der Waals surface area contributed by atoms with Gasteiger partial charge in [-0.2, -0.15) is 0 Å². The van der Waals surface area contributed by atoms with Crippen LogP contribution in [0, 0.1) is 6.92 Å². The molecule has 4 nitrogen and oxygen atoms in total. The first-order valence-corrected chi connectivity index (χ1v) is 10.6. The summed E-state index contributed by atoms with van der Waals surface area (Å²) in [6.07, 6.45) is 0. The van der Waals surface area contributed by atoms with E-state index in [1.54, 1.807) is 0 Å². The Morgan fingerprint density at radius 3 is 2.57 bits per heavy atom. The van der Waals surface area contributed by atoms with Gasteiger partial charge in [0.05, 0.1) is 0 Å². The Labute approximate surface area is 176 Å². The molecule has 4 aromatic rings. The van der Waals surface area contributed by atoms with Gasteiger partial charge in [-0.25, -0.2) is 0 Å². The van der Waals surface area contributed by atoms with Gasteiger partial charge in [-0.05, 0) is 47.4 Å². The highest BCUT2D eigenvalue weighted by molar-refractivity contribution is 9.10. The smallest absolute Gasteiger partial charge is 0.320 e. The molecular weight excluding hydrogens is 434 g/mol. The van der Waals surface area contributed by atoms with Crippen molar-refractivity contribution in [1.29, 1.82) is 0 Å². The molecule has 4 rings (SSSR count). The van der Waals surface area contributed by atoms with Crippen molar-refractivity contribution in [3.8, 4) is 11.1 Å². The Hall–Kier alpha value is -2.57. The van der Waals surface area contributed by atoms with Crippen LogP contribution in [0.4, 0.5) is 11.7 Å². The summed E-state index contributed by atoms with van der Waals surface area (Å²) in [5.74, 6) is 0.754. The Morgan fingerprint density at radius 1 is 0.964 bits per heavy atom. The predicted molar refractivity (Wildman–Crippen MR) is 118 cm³/mol. The van der Waals surface area contributed by atoms with Crippen LogP contribution in [0.25, 0.3) is 11.1 Å². The molecule has 1 heterocycles. The van der Waals surface area contributed by atoms with Crippen molar-refractivity contribution in [2.45, 2.75) is 17.9 Å². The Kier molecular flexibility index (Phi) is 5.78. The number of anilines is 2. The minimum absolute atomic E-state index is 0.389. The van der Waals surface area contributed by atoms with Crippen molar-refractivity contribution < 1.29 is 4.42 Å². The molecule has 0 fully saturated rings. The lowest BCUT2D eigenvalue weighted by Crippen LogP contribution is -1.91. The van der Waals surface area contributed by atoms with Crippen molar-refractivity contribution in [1.82, 2.24) is 10.2 Å². The summed E-state index contributed by atoms with van der Waals surface area (Å²) in [6, 6.07) is 25.1. The fourth-order valence-electron chi connectivity index (χ4n) is 2.85. The second-order valence-electron chi connectivity index (χ2n) is 6.27. The van der Waals surface area contributed by atoms with Gasteiger partial charge in [-0.15, -0.1) is 0 Å². The highest BCUT2D eigenvalue weighted by Crippen LogP contribution is 2.30. The van der Waals surface area contributed by atoms with E-state index in [-0.39, 0.29) is 0 Å². The van der Waals surface area contributed by atoms with Crippen LogP contribution in [0.3, 0.4) is 0 Å². The first-order chi connectivity index (χ1) is 13.7. The van der Waals surface area contributed by atoms with E-state index in [1.807, 2.05) is 31.2 Å². The maximum absolute atomic E-state index is 5.74. The van der Waals surface area contributed by atoms with E-state index in [0.29, 0.717) is 11.2 Å². The standard InChI is InChI=1S/C22H18BrN3OS/c1-15-13-18(11-12-20(15)23)24-21-25-26-22(27-21)28-14-17-9-5-6-10-19(17)16-7-3-2-4-8-16/h2-13H,14H2,1H3,(H,24,25). The summed E-state index contributed by atoms with van der Waals surface area (Å²) in [7, 11) is 0. The van der Waals surface area contributed by atoms with Gasteiger partial charge in [0.2, 0.25) is 0 Å². The highest BCUT2D eigenvalue weighted by atomic mass is 79.9. The molecule has 3 aromatic carbocycles. The Morgan fingerprint density at radius 2 is 1.75 bits per heavy atom. The van der Waals surface area contributed by atoms with Crippen molar-refractivity contribution in [2.24, 2.45) is 0 Å². The molecule has 0 aliphatic carbocycles. The second-order valence-corrected chi connectivity index (χ2v) is 8.05. The third kappa shape index (κ3) is 4.46. The Bertz CT molecular complexity index is 1080. The molecule has 0 saturated carbocycles. The van der Waals surface area contributed by atoms with Crippen molar-refractivity contribution >= 4 is 39.4 Å².